The van der Waals surface area contributed by atoms with Crippen LogP contribution in [-0.2, 0) is 16.1 Å². The molecule has 1 fully saturated rings. The number of benzene rings is 1. The maximum absolute atomic E-state index is 13.1. The quantitative estimate of drug-likeness (QED) is 0.899. The third kappa shape index (κ3) is 2.66. The molecular formula is C18H23N3O3. The largest absolute Gasteiger partial charge is 0.368 e. The van der Waals surface area contributed by atoms with Crippen LogP contribution in [0.4, 0.5) is 0 Å². The molecule has 3 amide bonds. The number of carbonyl (C=O) groups excluding carboxylic acids is 3. The summed E-state index contributed by atoms with van der Waals surface area (Å²) in [4.78, 5) is 40.7. The minimum Gasteiger partial charge on any atom is -0.368 e. The molecule has 0 bridgehead atoms. The number of hydrogen-bond acceptors (Lipinski definition) is 3. The van der Waals surface area contributed by atoms with E-state index in [1.54, 1.807) is 15.9 Å². The number of hydrogen-bond donors (Lipinski definition) is 1. The standard InChI is InChI=1S/C18H23N3O3/c1-11(2)15(18(24)20-9-5-8-14(20)16(19)22)21-10-12-6-3-4-7-13(12)17(21)23/h3-4,6-7,11,14-15H,5,8-10H2,1-2H3,(H2,19,22)/t14-,15-/m0/s1. The topological polar surface area (TPSA) is 83.7 Å². The predicted molar refractivity (Wildman–Crippen MR) is 88.9 cm³/mol. The van der Waals surface area contributed by atoms with Crippen LogP contribution < -0.4 is 5.73 Å². The number of nitrogens with two attached hydrogens (primary N) is 1. The summed E-state index contributed by atoms with van der Waals surface area (Å²) in [7, 11) is 0. The zero-order valence-corrected chi connectivity index (χ0v) is 14.1. The smallest absolute Gasteiger partial charge is 0.255 e. The van der Waals surface area contributed by atoms with Gasteiger partial charge in [-0.25, -0.2) is 0 Å². The van der Waals surface area contributed by atoms with Crippen molar-refractivity contribution in [1.29, 1.82) is 0 Å². The van der Waals surface area contributed by atoms with Crippen molar-refractivity contribution >= 4 is 17.7 Å². The van der Waals surface area contributed by atoms with Gasteiger partial charge in [-0.15, -0.1) is 0 Å². The van der Waals surface area contributed by atoms with Gasteiger partial charge >= 0.3 is 0 Å². The highest BCUT2D eigenvalue weighted by Crippen LogP contribution is 2.29. The van der Waals surface area contributed by atoms with Gasteiger partial charge in [0, 0.05) is 18.7 Å². The van der Waals surface area contributed by atoms with Crippen LogP contribution in [0.15, 0.2) is 24.3 Å². The SMILES string of the molecule is CC(C)[C@@H](C(=O)N1CCC[C@H]1C(N)=O)N1Cc2ccccc2C1=O. The number of amides is 3. The number of rotatable bonds is 4. The number of carbonyl (C=O) groups is 3. The summed E-state index contributed by atoms with van der Waals surface area (Å²) in [6.07, 6.45) is 1.36. The molecule has 2 aliphatic rings. The van der Waals surface area contributed by atoms with Gasteiger partial charge < -0.3 is 15.5 Å². The lowest BCUT2D eigenvalue weighted by atomic mass is 10.0. The van der Waals surface area contributed by atoms with Crippen molar-refractivity contribution in [2.75, 3.05) is 6.54 Å². The molecule has 0 saturated carbocycles. The highest BCUT2D eigenvalue weighted by atomic mass is 16.2. The Labute approximate surface area is 141 Å². The Hall–Kier alpha value is -2.37. The van der Waals surface area contributed by atoms with Crippen LogP contribution >= 0.6 is 0 Å². The average molecular weight is 329 g/mol. The fraction of sp³-hybridized carbons (Fsp3) is 0.500. The molecule has 0 aliphatic carbocycles. The van der Waals surface area contributed by atoms with E-state index < -0.39 is 18.0 Å². The Kier molecular flexibility index (Phi) is 4.30. The zero-order valence-electron chi connectivity index (χ0n) is 14.1. The van der Waals surface area contributed by atoms with Crippen molar-refractivity contribution in [3.63, 3.8) is 0 Å². The first-order chi connectivity index (χ1) is 11.4. The summed E-state index contributed by atoms with van der Waals surface area (Å²) in [6, 6.07) is 6.30. The van der Waals surface area contributed by atoms with Crippen LogP contribution in [-0.4, -0.2) is 46.1 Å². The van der Waals surface area contributed by atoms with E-state index in [9.17, 15) is 14.4 Å². The molecule has 1 saturated heterocycles. The first-order valence-electron chi connectivity index (χ1n) is 8.40. The maximum Gasteiger partial charge on any atom is 0.255 e. The van der Waals surface area contributed by atoms with Gasteiger partial charge in [-0.2, -0.15) is 0 Å². The van der Waals surface area contributed by atoms with Crippen LogP contribution in [0.2, 0.25) is 0 Å². The lowest BCUT2D eigenvalue weighted by Crippen LogP contribution is -2.54. The Morgan fingerprint density at radius 2 is 1.96 bits per heavy atom. The molecule has 0 unspecified atom stereocenters. The third-order valence-electron chi connectivity index (χ3n) is 4.93. The molecule has 0 aromatic heterocycles. The van der Waals surface area contributed by atoms with E-state index in [-0.39, 0.29) is 17.7 Å². The van der Waals surface area contributed by atoms with Gasteiger partial charge in [0.1, 0.15) is 12.1 Å². The predicted octanol–water partition coefficient (Wildman–Crippen LogP) is 1.14. The molecule has 128 valence electrons. The van der Waals surface area contributed by atoms with E-state index in [4.69, 9.17) is 5.73 Å². The monoisotopic (exact) mass is 329 g/mol. The Morgan fingerprint density at radius 3 is 2.58 bits per heavy atom. The Bertz CT molecular complexity index is 686. The number of nitrogens with zero attached hydrogens (tertiary/aromatic N) is 2. The molecule has 2 heterocycles. The second kappa shape index (κ2) is 6.26. The van der Waals surface area contributed by atoms with Gasteiger partial charge in [0.05, 0.1) is 0 Å². The molecule has 6 heteroatoms. The molecule has 0 radical (unpaired) electrons. The highest BCUT2D eigenvalue weighted by molar-refractivity contribution is 6.01. The summed E-state index contributed by atoms with van der Waals surface area (Å²) in [5.74, 6) is -0.816. The molecule has 0 spiro atoms. The van der Waals surface area contributed by atoms with Crippen LogP contribution in [0, 0.1) is 5.92 Å². The second-order valence-electron chi connectivity index (χ2n) is 6.87. The first kappa shape index (κ1) is 16.5. The van der Waals surface area contributed by atoms with Gasteiger partial charge in [0.15, 0.2) is 0 Å². The lowest BCUT2D eigenvalue weighted by molar-refractivity contribution is -0.142. The van der Waals surface area contributed by atoms with Gasteiger partial charge in [0.25, 0.3) is 5.91 Å². The fourth-order valence-corrected chi connectivity index (χ4v) is 3.78. The van der Waals surface area contributed by atoms with E-state index in [0.29, 0.717) is 25.1 Å². The molecule has 3 rings (SSSR count). The average Bonchev–Trinajstić information content (AvgIpc) is 3.14. The molecule has 1 aromatic rings. The maximum atomic E-state index is 13.1. The zero-order chi connectivity index (χ0) is 17.4. The summed E-state index contributed by atoms with van der Waals surface area (Å²) >= 11 is 0. The van der Waals surface area contributed by atoms with E-state index in [0.717, 1.165) is 12.0 Å². The highest BCUT2D eigenvalue weighted by Gasteiger charge is 2.43. The van der Waals surface area contributed by atoms with Crippen molar-refractivity contribution in [2.45, 2.75) is 45.3 Å². The fourth-order valence-electron chi connectivity index (χ4n) is 3.78. The van der Waals surface area contributed by atoms with Crippen molar-refractivity contribution < 1.29 is 14.4 Å². The van der Waals surface area contributed by atoms with Crippen molar-refractivity contribution in [1.82, 2.24) is 9.80 Å². The van der Waals surface area contributed by atoms with Gasteiger partial charge in [-0.3, -0.25) is 14.4 Å². The summed E-state index contributed by atoms with van der Waals surface area (Å²) in [6.45, 7) is 4.80. The normalized spacial score (nSPS) is 21.3. The van der Waals surface area contributed by atoms with E-state index in [1.165, 1.54) is 0 Å². The van der Waals surface area contributed by atoms with Crippen molar-refractivity contribution in [2.24, 2.45) is 11.7 Å². The molecule has 2 atom stereocenters. The minimum absolute atomic E-state index is 0.0510. The molecule has 1 aromatic carbocycles. The Balaban J connectivity index is 1.88. The van der Waals surface area contributed by atoms with E-state index in [1.807, 2.05) is 32.0 Å². The molecule has 6 nitrogen and oxygen atoms in total. The van der Waals surface area contributed by atoms with Gasteiger partial charge in [-0.1, -0.05) is 32.0 Å². The van der Waals surface area contributed by atoms with Crippen LogP contribution in [0.3, 0.4) is 0 Å². The van der Waals surface area contributed by atoms with Crippen LogP contribution in [0.1, 0.15) is 42.6 Å². The van der Waals surface area contributed by atoms with Gasteiger partial charge in [0.2, 0.25) is 11.8 Å². The summed E-state index contributed by atoms with van der Waals surface area (Å²) < 4.78 is 0. The lowest BCUT2D eigenvalue weighted by Gasteiger charge is -2.34. The number of likely N-dealkylation sites (tertiary alicyclic amines) is 1. The molecule has 24 heavy (non-hydrogen) atoms. The molecular weight excluding hydrogens is 306 g/mol. The van der Waals surface area contributed by atoms with Crippen LogP contribution in [0.5, 0.6) is 0 Å². The van der Waals surface area contributed by atoms with Crippen LogP contribution in [0.25, 0.3) is 0 Å². The molecule has 2 aliphatic heterocycles. The van der Waals surface area contributed by atoms with Crippen molar-refractivity contribution in [3.05, 3.63) is 35.4 Å². The second-order valence-corrected chi connectivity index (χ2v) is 6.87. The van der Waals surface area contributed by atoms with E-state index in [2.05, 4.69) is 0 Å². The number of primary amides is 1. The number of fused-ring (bicyclic) bond motifs is 1. The van der Waals surface area contributed by atoms with E-state index >= 15 is 0 Å². The third-order valence-corrected chi connectivity index (χ3v) is 4.93. The Morgan fingerprint density at radius 1 is 1.25 bits per heavy atom. The van der Waals surface area contributed by atoms with Gasteiger partial charge in [-0.05, 0) is 30.4 Å². The molecule has 2 N–H and O–H groups in total. The van der Waals surface area contributed by atoms with Crippen molar-refractivity contribution in [3.8, 4) is 0 Å². The summed E-state index contributed by atoms with van der Waals surface area (Å²) in [5, 5.41) is 0. The minimum atomic E-state index is -0.579. The first-order valence-corrected chi connectivity index (χ1v) is 8.40. The summed E-state index contributed by atoms with van der Waals surface area (Å²) in [5.41, 5.74) is 7.03.